The van der Waals surface area contributed by atoms with Gasteiger partial charge in [0.2, 0.25) is 5.91 Å². The van der Waals surface area contributed by atoms with E-state index in [0.29, 0.717) is 25.9 Å². The second-order valence-corrected chi connectivity index (χ2v) is 7.45. The summed E-state index contributed by atoms with van der Waals surface area (Å²) >= 11 is 0. The quantitative estimate of drug-likeness (QED) is 0.664. The SMILES string of the molecule is CN1CCN(C(=O)C2(C(=O)O)CCCCCC2)CC1c1nccn1C. The lowest BCUT2D eigenvalue weighted by Crippen LogP contribution is -2.55. The van der Waals surface area contributed by atoms with Crippen molar-refractivity contribution in [1.29, 1.82) is 0 Å². The van der Waals surface area contributed by atoms with Gasteiger partial charge in [0.1, 0.15) is 11.2 Å². The van der Waals surface area contributed by atoms with Crippen molar-refractivity contribution in [2.75, 3.05) is 26.7 Å². The Morgan fingerprint density at radius 1 is 1.16 bits per heavy atom. The lowest BCUT2D eigenvalue weighted by Gasteiger charge is -2.42. The van der Waals surface area contributed by atoms with Crippen molar-refractivity contribution in [3.05, 3.63) is 18.2 Å². The number of aromatic nitrogens is 2. The third-order valence-corrected chi connectivity index (χ3v) is 5.87. The highest BCUT2D eigenvalue weighted by Gasteiger charge is 2.49. The molecule has 1 saturated heterocycles. The standard InChI is InChI=1S/C18H28N4O3/c1-20-11-12-22(13-14(20)15-19-9-10-21(15)2)16(23)18(17(24)25)7-5-3-4-6-8-18/h9-10,14H,3-8,11-13H2,1-2H3,(H,24,25). The first kappa shape index (κ1) is 17.9. The average Bonchev–Trinajstić information content (AvgIpc) is 2.86. The van der Waals surface area contributed by atoms with E-state index in [1.54, 1.807) is 11.1 Å². The van der Waals surface area contributed by atoms with Gasteiger partial charge in [0, 0.05) is 39.1 Å². The molecule has 2 fully saturated rings. The molecule has 1 aromatic rings. The normalized spacial score (nSPS) is 24.7. The van der Waals surface area contributed by atoms with Crippen LogP contribution in [0.5, 0.6) is 0 Å². The topological polar surface area (TPSA) is 78.7 Å². The molecule has 2 aliphatic rings. The van der Waals surface area contributed by atoms with Crippen LogP contribution < -0.4 is 0 Å². The minimum absolute atomic E-state index is 0.00526. The second-order valence-electron chi connectivity index (χ2n) is 7.45. The van der Waals surface area contributed by atoms with Crippen molar-refractivity contribution in [2.24, 2.45) is 12.5 Å². The third-order valence-electron chi connectivity index (χ3n) is 5.87. The van der Waals surface area contributed by atoms with Gasteiger partial charge < -0.3 is 14.6 Å². The van der Waals surface area contributed by atoms with E-state index in [-0.39, 0.29) is 11.9 Å². The number of aryl methyl sites for hydroxylation is 1. The first-order valence-corrected chi connectivity index (χ1v) is 9.16. The average molecular weight is 348 g/mol. The van der Waals surface area contributed by atoms with Crippen LogP contribution in [0.1, 0.15) is 50.4 Å². The molecule has 25 heavy (non-hydrogen) atoms. The largest absolute Gasteiger partial charge is 0.480 e. The molecule has 1 aliphatic carbocycles. The molecule has 0 spiro atoms. The highest BCUT2D eigenvalue weighted by Crippen LogP contribution is 2.38. The highest BCUT2D eigenvalue weighted by atomic mass is 16.4. The Kier molecular flexibility index (Phi) is 5.13. The molecule has 1 unspecified atom stereocenters. The molecule has 0 bridgehead atoms. The van der Waals surface area contributed by atoms with E-state index in [1.165, 1.54) is 0 Å². The van der Waals surface area contributed by atoms with Gasteiger partial charge in [-0.2, -0.15) is 0 Å². The second kappa shape index (κ2) is 7.15. The third kappa shape index (κ3) is 3.29. The monoisotopic (exact) mass is 348 g/mol. The minimum atomic E-state index is -1.24. The van der Waals surface area contributed by atoms with E-state index in [9.17, 15) is 14.7 Å². The molecule has 3 rings (SSSR count). The van der Waals surface area contributed by atoms with E-state index in [0.717, 1.165) is 38.1 Å². The summed E-state index contributed by atoms with van der Waals surface area (Å²) in [5.41, 5.74) is -1.24. The molecule has 1 aromatic heterocycles. The summed E-state index contributed by atoms with van der Waals surface area (Å²) in [6.07, 6.45) is 8.23. The van der Waals surface area contributed by atoms with Gasteiger partial charge in [-0.3, -0.25) is 14.5 Å². The molecule has 7 nitrogen and oxygen atoms in total. The zero-order chi connectivity index (χ0) is 18.0. The zero-order valence-electron chi connectivity index (χ0n) is 15.1. The number of hydrogen-bond acceptors (Lipinski definition) is 4. The number of carbonyl (C=O) groups is 2. The zero-order valence-corrected chi connectivity index (χ0v) is 15.1. The fourth-order valence-corrected chi connectivity index (χ4v) is 4.19. The molecule has 2 heterocycles. The number of nitrogens with zero attached hydrogens (tertiary/aromatic N) is 4. The Labute approximate surface area is 148 Å². The number of hydrogen-bond donors (Lipinski definition) is 1. The Hall–Kier alpha value is -1.89. The number of carboxylic acids is 1. The number of piperazine rings is 1. The van der Waals surface area contributed by atoms with Crippen LogP contribution in [0, 0.1) is 5.41 Å². The fraction of sp³-hybridized carbons (Fsp3) is 0.722. The Balaban J connectivity index is 1.83. The van der Waals surface area contributed by atoms with Crippen LogP contribution >= 0.6 is 0 Å². The van der Waals surface area contributed by atoms with Crippen molar-refractivity contribution in [3.8, 4) is 0 Å². The number of carbonyl (C=O) groups excluding carboxylic acids is 1. The lowest BCUT2D eigenvalue weighted by atomic mass is 9.78. The fourth-order valence-electron chi connectivity index (χ4n) is 4.19. The predicted molar refractivity (Wildman–Crippen MR) is 92.9 cm³/mol. The van der Waals surface area contributed by atoms with E-state index in [2.05, 4.69) is 9.88 Å². The molecule has 1 N–H and O–H groups in total. The molecule has 1 saturated carbocycles. The van der Waals surface area contributed by atoms with Gasteiger partial charge >= 0.3 is 5.97 Å². The van der Waals surface area contributed by atoms with Crippen LogP contribution in [0.2, 0.25) is 0 Å². The molecule has 0 radical (unpaired) electrons. The van der Waals surface area contributed by atoms with E-state index >= 15 is 0 Å². The first-order chi connectivity index (χ1) is 12.0. The number of amides is 1. The number of likely N-dealkylation sites (N-methyl/N-ethyl adjacent to an activating group) is 1. The summed E-state index contributed by atoms with van der Waals surface area (Å²) in [6, 6.07) is -0.00526. The van der Waals surface area contributed by atoms with Gasteiger partial charge in [0.05, 0.1) is 6.04 Å². The van der Waals surface area contributed by atoms with Crippen LogP contribution in [-0.2, 0) is 16.6 Å². The van der Waals surface area contributed by atoms with Gasteiger partial charge in [-0.1, -0.05) is 25.7 Å². The van der Waals surface area contributed by atoms with E-state index < -0.39 is 11.4 Å². The van der Waals surface area contributed by atoms with Crippen LogP contribution in [-0.4, -0.2) is 63.0 Å². The maximum absolute atomic E-state index is 13.3. The molecule has 1 atom stereocenters. The number of imidazole rings is 1. The van der Waals surface area contributed by atoms with Crippen molar-refractivity contribution < 1.29 is 14.7 Å². The highest BCUT2D eigenvalue weighted by molar-refractivity contribution is 6.02. The van der Waals surface area contributed by atoms with Crippen molar-refractivity contribution in [1.82, 2.24) is 19.4 Å². The van der Waals surface area contributed by atoms with Crippen molar-refractivity contribution in [2.45, 2.75) is 44.6 Å². The molecule has 0 aromatic carbocycles. The first-order valence-electron chi connectivity index (χ1n) is 9.16. The van der Waals surface area contributed by atoms with E-state index in [4.69, 9.17) is 0 Å². The van der Waals surface area contributed by atoms with Crippen molar-refractivity contribution in [3.63, 3.8) is 0 Å². The molecular formula is C18H28N4O3. The summed E-state index contributed by atoms with van der Waals surface area (Å²) in [6.45, 7) is 1.79. The van der Waals surface area contributed by atoms with Gasteiger partial charge in [0.25, 0.3) is 0 Å². The number of carboxylic acid groups (broad SMARTS) is 1. The Morgan fingerprint density at radius 2 is 1.84 bits per heavy atom. The number of rotatable bonds is 3. The molecule has 1 amide bonds. The maximum atomic E-state index is 13.3. The van der Waals surface area contributed by atoms with Crippen LogP contribution in [0.25, 0.3) is 0 Å². The predicted octanol–water partition coefficient (Wildman–Crippen LogP) is 1.66. The molecule has 7 heteroatoms. The smallest absolute Gasteiger partial charge is 0.319 e. The minimum Gasteiger partial charge on any atom is -0.480 e. The van der Waals surface area contributed by atoms with Crippen molar-refractivity contribution >= 4 is 11.9 Å². The maximum Gasteiger partial charge on any atom is 0.319 e. The Bertz CT molecular complexity index is 634. The van der Waals surface area contributed by atoms with Crippen LogP contribution in [0.15, 0.2) is 12.4 Å². The molecule has 1 aliphatic heterocycles. The summed E-state index contributed by atoms with van der Waals surface area (Å²) in [5.74, 6) is -0.244. The summed E-state index contributed by atoms with van der Waals surface area (Å²) in [4.78, 5) is 33.7. The molecule has 138 valence electrons. The van der Waals surface area contributed by atoms with E-state index in [1.807, 2.05) is 24.9 Å². The van der Waals surface area contributed by atoms with Gasteiger partial charge in [-0.05, 0) is 19.9 Å². The lowest BCUT2D eigenvalue weighted by molar-refractivity contribution is -0.163. The van der Waals surface area contributed by atoms with Crippen LogP contribution in [0.3, 0.4) is 0 Å². The summed E-state index contributed by atoms with van der Waals surface area (Å²) < 4.78 is 1.97. The van der Waals surface area contributed by atoms with Gasteiger partial charge in [0.15, 0.2) is 0 Å². The summed E-state index contributed by atoms with van der Waals surface area (Å²) in [7, 11) is 3.97. The molecular weight excluding hydrogens is 320 g/mol. The van der Waals surface area contributed by atoms with Crippen LogP contribution in [0.4, 0.5) is 0 Å². The van der Waals surface area contributed by atoms with Gasteiger partial charge in [-0.15, -0.1) is 0 Å². The van der Waals surface area contributed by atoms with Gasteiger partial charge in [-0.25, -0.2) is 4.98 Å². The summed E-state index contributed by atoms with van der Waals surface area (Å²) in [5, 5.41) is 9.89. The Morgan fingerprint density at radius 3 is 2.40 bits per heavy atom. The number of aliphatic carboxylic acids is 1.